The van der Waals surface area contributed by atoms with Gasteiger partial charge in [-0.05, 0) is 18.2 Å². The van der Waals surface area contributed by atoms with Crippen LogP contribution < -0.4 is 5.43 Å². The summed E-state index contributed by atoms with van der Waals surface area (Å²) < 4.78 is 4.89. The lowest BCUT2D eigenvalue weighted by atomic mass is 10.3. The first kappa shape index (κ1) is 10.9. The van der Waals surface area contributed by atoms with Gasteiger partial charge in [-0.25, -0.2) is 0 Å². The summed E-state index contributed by atoms with van der Waals surface area (Å²) in [7, 11) is 0. The largest absolute Gasteiger partial charge is 0.433 e. The molecule has 0 spiro atoms. The highest BCUT2D eigenvalue weighted by Crippen LogP contribution is 2.14. The molecule has 0 unspecified atom stereocenters. The second kappa shape index (κ2) is 4.93. The van der Waals surface area contributed by atoms with Crippen LogP contribution >= 0.6 is 0 Å². The van der Waals surface area contributed by atoms with Crippen LogP contribution in [0.5, 0.6) is 0 Å². The fourth-order valence-electron chi connectivity index (χ4n) is 1.19. The lowest BCUT2D eigenvalue weighted by Crippen LogP contribution is -1.88. The Morgan fingerprint density at radius 2 is 2.00 bits per heavy atom. The topological polar surface area (TPSA) is 80.7 Å². The van der Waals surface area contributed by atoms with Crippen molar-refractivity contribution in [1.29, 1.82) is 0 Å². The average Bonchev–Trinajstić information content (AvgIpc) is 2.79. The van der Waals surface area contributed by atoms with Crippen LogP contribution in [0.25, 0.3) is 0 Å². The number of anilines is 1. The number of hydrogen-bond acceptors (Lipinski definition) is 5. The van der Waals surface area contributed by atoms with Gasteiger partial charge in [0, 0.05) is 0 Å². The monoisotopic (exact) mass is 231 g/mol. The number of nitrogens with one attached hydrogen (secondary N) is 1. The van der Waals surface area contributed by atoms with Crippen LogP contribution in [-0.4, -0.2) is 11.1 Å². The molecular weight excluding hydrogens is 222 g/mol. The van der Waals surface area contributed by atoms with Gasteiger partial charge < -0.3 is 4.42 Å². The quantitative estimate of drug-likeness (QED) is 0.498. The lowest BCUT2D eigenvalue weighted by Gasteiger charge is -1.96. The number of rotatable bonds is 4. The first-order valence-corrected chi connectivity index (χ1v) is 4.84. The molecule has 0 saturated heterocycles. The first-order valence-electron chi connectivity index (χ1n) is 4.84. The predicted octanol–water partition coefficient (Wildman–Crippen LogP) is 2.63. The fourth-order valence-corrected chi connectivity index (χ4v) is 1.19. The van der Waals surface area contributed by atoms with Crippen molar-refractivity contribution in [1.82, 2.24) is 0 Å². The highest BCUT2D eigenvalue weighted by molar-refractivity contribution is 5.77. The molecule has 86 valence electrons. The Balaban J connectivity index is 1.98. The van der Waals surface area contributed by atoms with Gasteiger partial charge >= 0.3 is 5.88 Å². The lowest BCUT2D eigenvalue weighted by molar-refractivity contribution is -0.402. The smallest absolute Gasteiger partial charge is 0.400 e. The molecule has 2 aromatic rings. The number of hydrogen-bond donors (Lipinski definition) is 1. The van der Waals surface area contributed by atoms with Gasteiger partial charge in [0.05, 0.1) is 18.0 Å². The van der Waals surface area contributed by atoms with Gasteiger partial charge in [0.25, 0.3) is 0 Å². The molecule has 17 heavy (non-hydrogen) atoms. The summed E-state index contributed by atoms with van der Waals surface area (Å²) in [6.45, 7) is 0. The maximum absolute atomic E-state index is 10.4. The van der Waals surface area contributed by atoms with Crippen LogP contribution in [0.3, 0.4) is 0 Å². The van der Waals surface area contributed by atoms with E-state index in [1.165, 1.54) is 18.3 Å². The zero-order chi connectivity index (χ0) is 12.1. The standard InChI is InChI=1S/C11H9N3O3/c15-14(16)11-7-6-10(17-11)8-12-13-9-4-2-1-3-5-9/h1-8,13H/b12-8+. The predicted molar refractivity (Wildman–Crippen MR) is 63.0 cm³/mol. The number of nitrogens with zero attached hydrogens (tertiary/aromatic N) is 2. The van der Waals surface area contributed by atoms with Crippen molar-refractivity contribution in [3.05, 3.63) is 58.3 Å². The van der Waals surface area contributed by atoms with E-state index < -0.39 is 4.92 Å². The molecule has 0 radical (unpaired) electrons. The molecule has 1 heterocycles. The van der Waals surface area contributed by atoms with E-state index in [1.807, 2.05) is 30.3 Å². The van der Waals surface area contributed by atoms with E-state index in [9.17, 15) is 10.1 Å². The number of benzene rings is 1. The van der Waals surface area contributed by atoms with E-state index in [2.05, 4.69) is 10.5 Å². The van der Waals surface area contributed by atoms with Crippen LogP contribution in [0.4, 0.5) is 11.6 Å². The second-order valence-corrected chi connectivity index (χ2v) is 3.17. The Hall–Kier alpha value is -2.63. The Bertz CT molecular complexity index is 534. The van der Waals surface area contributed by atoms with Gasteiger partial charge in [0.1, 0.15) is 4.92 Å². The van der Waals surface area contributed by atoms with Gasteiger partial charge in [0.2, 0.25) is 0 Å². The van der Waals surface area contributed by atoms with Crippen LogP contribution in [0.1, 0.15) is 5.76 Å². The summed E-state index contributed by atoms with van der Waals surface area (Å²) in [5.41, 5.74) is 3.60. The minimum atomic E-state index is -0.595. The first-order chi connectivity index (χ1) is 8.25. The van der Waals surface area contributed by atoms with Crippen molar-refractivity contribution < 1.29 is 9.34 Å². The van der Waals surface area contributed by atoms with Crippen molar-refractivity contribution >= 4 is 17.8 Å². The number of para-hydroxylation sites is 1. The zero-order valence-corrected chi connectivity index (χ0v) is 8.74. The second-order valence-electron chi connectivity index (χ2n) is 3.17. The van der Waals surface area contributed by atoms with Gasteiger partial charge in [-0.3, -0.25) is 15.5 Å². The average molecular weight is 231 g/mol. The van der Waals surface area contributed by atoms with Crippen molar-refractivity contribution in [2.45, 2.75) is 0 Å². The van der Waals surface area contributed by atoms with Crippen molar-refractivity contribution in [2.24, 2.45) is 5.10 Å². The molecule has 0 atom stereocenters. The molecule has 0 bridgehead atoms. The maximum atomic E-state index is 10.4. The Morgan fingerprint density at radius 3 is 2.65 bits per heavy atom. The molecule has 0 aliphatic carbocycles. The highest BCUT2D eigenvalue weighted by Gasteiger charge is 2.09. The number of furan rings is 1. The summed E-state index contributed by atoms with van der Waals surface area (Å²) in [5.74, 6) is 0.0197. The Morgan fingerprint density at radius 1 is 1.24 bits per heavy atom. The van der Waals surface area contributed by atoms with Crippen molar-refractivity contribution in [3.8, 4) is 0 Å². The molecular formula is C11H9N3O3. The van der Waals surface area contributed by atoms with Crippen molar-refractivity contribution in [3.63, 3.8) is 0 Å². The third-order valence-corrected chi connectivity index (χ3v) is 1.95. The molecule has 0 fully saturated rings. The number of nitro groups is 1. The van der Waals surface area contributed by atoms with Crippen LogP contribution in [0.15, 0.2) is 52.0 Å². The van der Waals surface area contributed by atoms with E-state index >= 15 is 0 Å². The van der Waals surface area contributed by atoms with E-state index in [0.717, 1.165) is 5.69 Å². The van der Waals surface area contributed by atoms with E-state index in [4.69, 9.17) is 4.42 Å². The van der Waals surface area contributed by atoms with Crippen LogP contribution in [-0.2, 0) is 0 Å². The molecule has 1 aromatic carbocycles. The maximum Gasteiger partial charge on any atom is 0.433 e. The molecule has 1 aromatic heterocycles. The normalized spacial score (nSPS) is 10.6. The molecule has 6 heteroatoms. The van der Waals surface area contributed by atoms with Gasteiger partial charge in [-0.2, -0.15) is 5.10 Å². The summed E-state index contributed by atoms with van der Waals surface area (Å²) in [6.07, 6.45) is 1.38. The Labute approximate surface area is 96.7 Å². The summed E-state index contributed by atoms with van der Waals surface area (Å²) in [4.78, 5) is 9.77. The van der Waals surface area contributed by atoms with Gasteiger partial charge in [-0.1, -0.05) is 18.2 Å². The highest BCUT2D eigenvalue weighted by atomic mass is 16.6. The van der Waals surface area contributed by atoms with E-state index in [1.54, 1.807) is 0 Å². The molecule has 6 nitrogen and oxygen atoms in total. The zero-order valence-electron chi connectivity index (χ0n) is 8.74. The fraction of sp³-hybridized carbons (Fsp3) is 0. The molecule has 2 rings (SSSR count). The third kappa shape index (κ3) is 2.91. The SMILES string of the molecule is O=[N+]([O-])c1ccc(/C=N/Nc2ccccc2)o1. The summed E-state index contributed by atoms with van der Waals surface area (Å²) in [5, 5.41) is 14.3. The van der Waals surface area contributed by atoms with Crippen molar-refractivity contribution in [2.75, 3.05) is 5.43 Å². The molecule has 0 amide bonds. The van der Waals surface area contributed by atoms with Crippen LogP contribution in [0, 0.1) is 10.1 Å². The van der Waals surface area contributed by atoms with E-state index in [0.29, 0.717) is 5.76 Å². The summed E-state index contributed by atoms with van der Waals surface area (Å²) >= 11 is 0. The van der Waals surface area contributed by atoms with Crippen LogP contribution in [0.2, 0.25) is 0 Å². The molecule has 1 N–H and O–H groups in total. The number of hydrazone groups is 1. The molecule has 0 aliphatic heterocycles. The molecule has 0 aliphatic rings. The third-order valence-electron chi connectivity index (χ3n) is 1.95. The Kier molecular flexibility index (Phi) is 3.15. The van der Waals surface area contributed by atoms with E-state index in [-0.39, 0.29) is 5.88 Å². The van der Waals surface area contributed by atoms with Gasteiger partial charge in [-0.15, -0.1) is 0 Å². The summed E-state index contributed by atoms with van der Waals surface area (Å²) in [6, 6.07) is 12.1. The van der Waals surface area contributed by atoms with Gasteiger partial charge in [0.15, 0.2) is 5.76 Å². The minimum absolute atomic E-state index is 0.300. The minimum Gasteiger partial charge on any atom is -0.400 e. The molecule has 0 saturated carbocycles.